The second-order valence-corrected chi connectivity index (χ2v) is 5.50. The zero-order chi connectivity index (χ0) is 13.6. The Morgan fingerprint density at radius 3 is 2.79 bits per heavy atom. The fourth-order valence-corrected chi connectivity index (χ4v) is 2.21. The summed E-state index contributed by atoms with van der Waals surface area (Å²) in [7, 11) is 0. The highest BCUT2D eigenvalue weighted by atomic mass is 16.3. The zero-order valence-electron chi connectivity index (χ0n) is 11.5. The van der Waals surface area contributed by atoms with Crippen LogP contribution in [-0.2, 0) is 6.42 Å². The van der Waals surface area contributed by atoms with E-state index < -0.39 is 0 Å². The fraction of sp³-hybridized carbons (Fsp3) is 0.533. The molecule has 1 aromatic rings. The van der Waals surface area contributed by atoms with E-state index in [1.807, 2.05) is 18.2 Å². The molecule has 0 radical (unpaired) electrons. The molecule has 4 nitrogen and oxygen atoms in total. The van der Waals surface area contributed by atoms with Crippen LogP contribution in [0.25, 0.3) is 0 Å². The van der Waals surface area contributed by atoms with E-state index in [1.165, 1.54) is 5.56 Å². The topological polar surface area (TPSA) is 56.6 Å². The first-order valence-corrected chi connectivity index (χ1v) is 6.89. The van der Waals surface area contributed by atoms with Gasteiger partial charge in [0.15, 0.2) is 5.96 Å². The number of aliphatic hydroxyl groups excluding tert-OH is 1. The van der Waals surface area contributed by atoms with Gasteiger partial charge in [0, 0.05) is 25.0 Å². The largest absolute Gasteiger partial charge is 0.396 e. The smallest absolute Gasteiger partial charge is 0.191 e. The first kappa shape index (κ1) is 13.9. The zero-order valence-corrected chi connectivity index (χ0v) is 11.5. The molecule has 3 N–H and O–H groups in total. The number of hydrogen-bond donors (Lipinski definition) is 3. The summed E-state index contributed by atoms with van der Waals surface area (Å²) < 4.78 is 0. The number of nitrogens with one attached hydrogen (secondary N) is 2. The molecule has 1 aliphatic heterocycles. The highest BCUT2D eigenvalue weighted by molar-refractivity contribution is 5.80. The summed E-state index contributed by atoms with van der Waals surface area (Å²) in [6.45, 7) is 4.81. The van der Waals surface area contributed by atoms with Gasteiger partial charge < -0.3 is 15.7 Å². The van der Waals surface area contributed by atoms with E-state index in [2.05, 4.69) is 34.7 Å². The molecule has 0 bridgehead atoms. The van der Waals surface area contributed by atoms with Crippen LogP contribution < -0.4 is 10.6 Å². The first-order valence-electron chi connectivity index (χ1n) is 6.89. The average molecular weight is 261 g/mol. The molecule has 0 aromatic heterocycles. The average Bonchev–Trinajstić information content (AvgIpc) is 2.47. The van der Waals surface area contributed by atoms with E-state index in [1.54, 1.807) is 0 Å². The number of benzene rings is 1. The van der Waals surface area contributed by atoms with Crippen LogP contribution in [0.15, 0.2) is 35.3 Å². The van der Waals surface area contributed by atoms with Crippen molar-refractivity contribution in [3.8, 4) is 0 Å². The van der Waals surface area contributed by atoms with E-state index in [0.29, 0.717) is 6.54 Å². The SMILES string of the molecule is CC(CO)(CNC1=NCCCN1)Cc1ccccc1. The van der Waals surface area contributed by atoms with Crippen LogP contribution in [0.5, 0.6) is 0 Å². The molecule has 1 unspecified atom stereocenters. The predicted molar refractivity (Wildman–Crippen MR) is 78.3 cm³/mol. The Morgan fingerprint density at radius 2 is 2.16 bits per heavy atom. The normalized spacial score (nSPS) is 18.1. The van der Waals surface area contributed by atoms with Gasteiger partial charge in [0.1, 0.15) is 0 Å². The molecule has 1 aliphatic rings. The summed E-state index contributed by atoms with van der Waals surface area (Å²) in [4.78, 5) is 4.39. The molecule has 4 heteroatoms. The lowest BCUT2D eigenvalue weighted by molar-refractivity contribution is 0.144. The Labute approximate surface area is 114 Å². The van der Waals surface area contributed by atoms with Crippen molar-refractivity contribution in [1.29, 1.82) is 0 Å². The molecule has 104 valence electrons. The van der Waals surface area contributed by atoms with E-state index in [-0.39, 0.29) is 12.0 Å². The highest BCUT2D eigenvalue weighted by Gasteiger charge is 2.24. The summed E-state index contributed by atoms with van der Waals surface area (Å²) in [6, 6.07) is 10.3. The van der Waals surface area contributed by atoms with Crippen molar-refractivity contribution in [2.45, 2.75) is 19.8 Å². The third-order valence-electron chi connectivity index (χ3n) is 3.44. The van der Waals surface area contributed by atoms with Gasteiger partial charge in [-0.3, -0.25) is 4.99 Å². The van der Waals surface area contributed by atoms with E-state index >= 15 is 0 Å². The maximum atomic E-state index is 9.68. The monoisotopic (exact) mass is 261 g/mol. The molecule has 1 aromatic carbocycles. The van der Waals surface area contributed by atoms with Crippen molar-refractivity contribution < 1.29 is 5.11 Å². The van der Waals surface area contributed by atoms with Gasteiger partial charge >= 0.3 is 0 Å². The van der Waals surface area contributed by atoms with Crippen LogP contribution >= 0.6 is 0 Å². The fourth-order valence-electron chi connectivity index (χ4n) is 2.21. The molecular weight excluding hydrogens is 238 g/mol. The number of guanidine groups is 1. The number of aliphatic hydroxyl groups is 1. The molecule has 0 amide bonds. The molecule has 1 heterocycles. The van der Waals surface area contributed by atoms with Crippen molar-refractivity contribution in [3.63, 3.8) is 0 Å². The maximum Gasteiger partial charge on any atom is 0.191 e. The lowest BCUT2D eigenvalue weighted by Gasteiger charge is -2.29. The molecule has 0 saturated heterocycles. The summed E-state index contributed by atoms with van der Waals surface area (Å²) in [5.74, 6) is 0.860. The third kappa shape index (κ3) is 4.24. The number of rotatable bonds is 5. The minimum absolute atomic E-state index is 0.155. The van der Waals surface area contributed by atoms with Gasteiger partial charge in [-0.15, -0.1) is 0 Å². The molecule has 1 atom stereocenters. The number of nitrogens with zero attached hydrogens (tertiary/aromatic N) is 1. The Hall–Kier alpha value is -1.55. The highest BCUT2D eigenvalue weighted by Crippen LogP contribution is 2.21. The Bertz CT molecular complexity index is 419. The Morgan fingerprint density at radius 1 is 1.37 bits per heavy atom. The number of hydrogen-bond acceptors (Lipinski definition) is 4. The van der Waals surface area contributed by atoms with Crippen LogP contribution in [0.4, 0.5) is 0 Å². The third-order valence-corrected chi connectivity index (χ3v) is 3.44. The van der Waals surface area contributed by atoms with Crippen LogP contribution in [0.2, 0.25) is 0 Å². The van der Waals surface area contributed by atoms with Gasteiger partial charge in [-0.25, -0.2) is 0 Å². The van der Waals surface area contributed by atoms with Crippen LogP contribution in [0, 0.1) is 5.41 Å². The van der Waals surface area contributed by atoms with Gasteiger partial charge in [0.25, 0.3) is 0 Å². The minimum atomic E-state index is -0.178. The van der Waals surface area contributed by atoms with Crippen LogP contribution in [0.3, 0.4) is 0 Å². The second-order valence-electron chi connectivity index (χ2n) is 5.50. The number of aliphatic imine (C=N–C) groups is 1. The van der Waals surface area contributed by atoms with Crippen molar-refractivity contribution in [2.24, 2.45) is 10.4 Å². The summed E-state index contributed by atoms with van der Waals surface area (Å²) >= 11 is 0. The molecule has 0 spiro atoms. The molecule has 19 heavy (non-hydrogen) atoms. The summed E-state index contributed by atoms with van der Waals surface area (Å²) in [5, 5.41) is 16.2. The Kier molecular flexibility index (Phi) is 4.80. The second kappa shape index (κ2) is 6.57. The Balaban J connectivity index is 1.92. The lowest BCUT2D eigenvalue weighted by atomic mass is 9.84. The van der Waals surface area contributed by atoms with E-state index in [0.717, 1.165) is 31.9 Å². The molecule has 0 fully saturated rings. The van der Waals surface area contributed by atoms with Gasteiger partial charge in [-0.1, -0.05) is 37.3 Å². The van der Waals surface area contributed by atoms with Gasteiger partial charge in [-0.05, 0) is 18.4 Å². The van der Waals surface area contributed by atoms with Crippen LogP contribution in [0.1, 0.15) is 18.9 Å². The van der Waals surface area contributed by atoms with Crippen LogP contribution in [-0.4, -0.2) is 37.3 Å². The van der Waals surface area contributed by atoms with Gasteiger partial charge in [-0.2, -0.15) is 0 Å². The molecule has 0 aliphatic carbocycles. The molecule has 0 saturated carbocycles. The standard InChI is InChI=1S/C15H23N3O/c1-15(12-19,10-13-6-3-2-4-7-13)11-18-14-16-8-5-9-17-14/h2-4,6-7,19H,5,8-12H2,1H3,(H2,16,17,18). The summed E-state index contributed by atoms with van der Waals surface area (Å²) in [6.07, 6.45) is 1.94. The minimum Gasteiger partial charge on any atom is -0.396 e. The summed E-state index contributed by atoms with van der Waals surface area (Å²) in [5.41, 5.74) is 1.07. The van der Waals surface area contributed by atoms with Gasteiger partial charge in [0.05, 0.1) is 6.61 Å². The lowest BCUT2D eigenvalue weighted by Crippen LogP contribution is -2.46. The predicted octanol–water partition coefficient (Wildman–Crippen LogP) is 1.17. The van der Waals surface area contributed by atoms with Crippen molar-refractivity contribution in [3.05, 3.63) is 35.9 Å². The van der Waals surface area contributed by atoms with E-state index in [9.17, 15) is 5.11 Å². The van der Waals surface area contributed by atoms with Crippen molar-refractivity contribution in [2.75, 3.05) is 26.2 Å². The maximum absolute atomic E-state index is 9.68. The van der Waals surface area contributed by atoms with Crippen molar-refractivity contribution in [1.82, 2.24) is 10.6 Å². The molecule has 2 rings (SSSR count). The van der Waals surface area contributed by atoms with E-state index in [4.69, 9.17) is 0 Å². The quantitative estimate of drug-likeness (QED) is 0.745. The van der Waals surface area contributed by atoms with Crippen molar-refractivity contribution >= 4 is 5.96 Å². The first-order chi connectivity index (χ1) is 9.22. The molecular formula is C15H23N3O. The van der Waals surface area contributed by atoms with Gasteiger partial charge in [0.2, 0.25) is 0 Å².